The standard InChI is InChI=1S/C35H34ClN3O9/c1-20-37-38-33(46-20)31-17-26-27(5-4-6-28(26)48-31)45-19-25(47-35(42)23-9-7-22(8-10-23)34(40)41)18-39-13-11-21(12-14-39)32-29(43-2)15-24(36)16-30(32)44-3/h4-10,15-17,21,25H,11-14,18-19H2,1-3H3,(H,40,41)/t25-/m0/s1. The van der Waals surface area contributed by atoms with Gasteiger partial charge in [0.1, 0.15) is 35.5 Å². The average molecular weight is 676 g/mol. The smallest absolute Gasteiger partial charge is 0.338 e. The molecule has 3 aromatic carbocycles. The lowest BCUT2D eigenvalue weighted by atomic mass is 9.88. The first kappa shape index (κ1) is 32.9. The number of carboxylic acid groups (broad SMARTS) is 1. The normalized spacial score (nSPS) is 14.5. The molecule has 0 spiro atoms. The molecule has 1 N–H and O–H groups in total. The number of carbonyl (C=O) groups is 2. The largest absolute Gasteiger partial charge is 0.496 e. The van der Waals surface area contributed by atoms with Gasteiger partial charge in [-0.05, 0) is 80.4 Å². The Balaban J connectivity index is 1.19. The molecule has 0 amide bonds. The van der Waals surface area contributed by atoms with Crippen LogP contribution in [0.3, 0.4) is 0 Å². The number of halogens is 1. The summed E-state index contributed by atoms with van der Waals surface area (Å²) in [6, 6.07) is 16.4. The van der Waals surface area contributed by atoms with Gasteiger partial charge in [0, 0.05) is 30.1 Å². The number of carboxylic acids is 1. The summed E-state index contributed by atoms with van der Waals surface area (Å²) in [5, 5.41) is 18.4. The van der Waals surface area contributed by atoms with E-state index >= 15 is 0 Å². The summed E-state index contributed by atoms with van der Waals surface area (Å²) in [4.78, 5) is 26.8. The van der Waals surface area contributed by atoms with E-state index in [2.05, 4.69) is 15.1 Å². The number of carbonyl (C=O) groups excluding carboxylic acids is 1. The summed E-state index contributed by atoms with van der Waals surface area (Å²) in [7, 11) is 3.24. The molecule has 0 saturated carbocycles. The van der Waals surface area contributed by atoms with Crippen molar-refractivity contribution >= 4 is 34.5 Å². The van der Waals surface area contributed by atoms with Crippen LogP contribution in [-0.2, 0) is 4.74 Å². The van der Waals surface area contributed by atoms with Gasteiger partial charge < -0.3 is 32.9 Å². The average Bonchev–Trinajstić information content (AvgIpc) is 3.73. The molecule has 1 aliphatic heterocycles. The Morgan fingerprint density at radius 1 is 0.958 bits per heavy atom. The predicted molar refractivity (Wildman–Crippen MR) is 175 cm³/mol. The van der Waals surface area contributed by atoms with Crippen molar-refractivity contribution in [1.29, 1.82) is 0 Å². The van der Waals surface area contributed by atoms with Crippen LogP contribution >= 0.6 is 11.6 Å². The molecule has 250 valence electrons. The lowest BCUT2D eigenvalue weighted by Gasteiger charge is -2.35. The summed E-state index contributed by atoms with van der Waals surface area (Å²) in [5.74, 6) is 1.52. The number of furan rings is 1. The second-order valence-electron chi connectivity index (χ2n) is 11.4. The van der Waals surface area contributed by atoms with Gasteiger partial charge >= 0.3 is 11.9 Å². The second kappa shape index (κ2) is 14.4. The van der Waals surface area contributed by atoms with Crippen LogP contribution in [0, 0.1) is 6.92 Å². The molecular weight excluding hydrogens is 642 g/mol. The number of piperidine rings is 1. The van der Waals surface area contributed by atoms with E-state index < -0.39 is 18.0 Å². The number of aromatic nitrogens is 2. The Morgan fingerprint density at radius 3 is 2.27 bits per heavy atom. The van der Waals surface area contributed by atoms with Crippen molar-refractivity contribution in [2.75, 3.05) is 40.5 Å². The van der Waals surface area contributed by atoms with Gasteiger partial charge in [-0.3, -0.25) is 4.90 Å². The molecule has 6 rings (SSSR count). The fourth-order valence-electron chi connectivity index (χ4n) is 5.94. The van der Waals surface area contributed by atoms with Gasteiger partial charge in [0.2, 0.25) is 5.89 Å². The Kier molecular flexibility index (Phi) is 9.83. The third-order valence-corrected chi connectivity index (χ3v) is 8.51. The van der Waals surface area contributed by atoms with E-state index in [-0.39, 0.29) is 29.5 Å². The zero-order valence-corrected chi connectivity index (χ0v) is 27.4. The van der Waals surface area contributed by atoms with E-state index in [1.165, 1.54) is 24.3 Å². The fraction of sp³-hybridized carbons (Fsp3) is 0.314. The number of hydrogen-bond donors (Lipinski definition) is 1. The van der Waals surface area contributed by atoms with Gasteiger partial charge in [-0.15, -0.1) is 10.2 Å². The van der Waals surface area contributed by atoms with E-state index in [9.17, 15) is 14.7 Å². The molecule has 0 unspecified atom stereocenters. The summed E-state index contributed by atoms with van der Waals surface area (Å²) in [6.07, 6.45) is 0.977. The third-order valence-electron chi connectivity index (χ3n) is 8.29. The highest BCUT2D eigenvalue weighted by Crippen LogP contribution is 2.42. The van der Waals surface area contributed by atoms with Gasteiger partial charge in [-0.25, -0.2) is 9.59 Å². The highest BCUT2D eigenvalue weighted by Gasteiger charge is 2.29. The van der Waals surface area contributed by atoms with Crippen molar-refractivity contribution < 1.29 is 42.5 Å². The number of hydrogen-bond acceptors (Lipinski definition) is 11. The number of esters is 1. The number of ether oxygens (including phenoxy) is 4. The van der Waals surface area contributed by atoms with Crippen molar-refractivity contribution in [2.24, 2.45) is 0 Å². The Bertz CT molecular complexity index is 1890. The minimum Gasteiger partial charge on any atom is -0.496 e. The highest BCUT2D eigenvalue weighted by molar-refractivity contribution is 6.30. The molecule has 12 nitrogen and oxygen atoms in total. The molecule has 0 bridgehead atoms. The topological polar surface area (TPSA) is 147 Å². The number of fused-ring (bicyclic) bond motifs is 1. The minimum atomic E-state index is -1.08. The fourth-order valence-corrected chi connectivity index (χ4v) is 6.14. The Hall–Kier alpha value is -5.07. The van der Waals surface area contributed by atoms with E-state index in [0.717, 1.165) is 31.5 Å². The molecule has 3 heterocycles. The number of aryl methyl sites for hydroxylation is 1. The van der Waals surface area contributed by atoms with E-state index in [4.69, 9.17) is 39.4 Å². The van der Waals surface area contributed by atoms with Crippen molar-refractivity contribution in [2.45, 2.75) is 31.8 Å². The summed E-state index contributed by atoms with van der Waals surface area (Å²) in [5.41, 5.74) is 1.87. The Labute approximate surface area is 281 Å². The third kappa shape index (κ3) is 7.24. The molecular formula is C35H34ClN3O9. The number of rotatable bonds is 12. The molecule has 1 atom stereocenters. The highest BCUT2D eigenvalue weighted by atomic mass is 35.5. The lowest BCUT2D eigenvalue weighted by molar-refractivity contribution is 0.00338. The molecule has 2 aromatic heterocycles. The van der Waals surface area contributed by atoms with Gasteiger partial charge in [-0.1, -0.05) is 17.7 Å². The molecule has 1 saturated heterocycles. The molecule has 13 heteroatoms. The zero-order chi connectivity index (χ0) is 33.8. The van der Waals surface area contributed by atoms with Crippen molar-refractivity contribution in [3.05, 3.63) is 88.3 Å². The molecule has 0 aliphatic carbocycles. The zero-order valence-electron chi connectivity index (χ0n) is 26.6. The van der Waals surface area contributed by atoms with Crippen LogP contribution in [0.5, 0.6) is 17.2 Å². The van der Waals surface area contributed by atoms with Gasteiger partial charge in [0.05, 0.1) is 30.7 Å². The summed E-state index contributed by atoms with van der Waals surface area (Å²) in [6.45, 7) is 3.62. The van der Waals surface area contributed by atoms with Crippen LogP contribution in [0.2, 0.25) is 5.02 Å². The number of aromatic carboxylic acids is 1. The van der Waals surface area contributed by atoms with Gasteiger partial charge in [0.15, 0.2) is 5.76 Å². The molecule has 1 aliphatic rings. The molecule has 0 radical (unpaired) electrons. The van der Waals surface area contributed by atoms with Crippen LogP contribution < -0.4 is 14.2 Å². The van der Waals surface area contributed by atoms with Gasteiger partial charge in [-0.2, -0.15) is 0 Å². The first-order chi connectivity index (χ1) is 23.2. The predicted octanol–water partition coefficient (Wildman–Crippen LogP) is 6.64. The van der Waals surface area contributed by atoms with Crippen LogP contribution in [0.15, 0.2) is 69.5 Å². The van der Waals surface area contributed by atoms with Crippen LogP contribution in [0.4, 0.5) is 0 Å². The minimum absolute atomic E-state index is 0.0526. The van der Waals surface area contributed by atoms with Gasteiger partial charge in [0.25, 0.3) is 5.89 Å². The molecule has 1 fully saturated rings. The maximum atomic E-state index is 13.2. The summed E-state index contributed by atoms with van der Waals surface area (Å²) < 4.78 is 35.0. The molecule has 48 heavy (non-hydrogen) atoms. The van der Waals surface area contributed by atoms with E-state index in [1.807, 2.05) is 12.1 Å². The SMILES string of the molecule is COc1cc(Cl)cc(OC)c1C1CCN(C[C@@H](COc2cccc3oc(-c4nnc(C)o4)cc23)OC(=O)c2ccc(C(=O)O)cc2)CC1. The maximum Gasteiger partial charge on any atom is 0.338 e. The van der Waals surface area contributed by atoms with Crippen molar-refractivity contribution in [3.8, 4) is 28.9 Å². The summed E-state index contributed by atoms with van der Waals surface area (Å²) >= 11 is 6.28. The first-order valence-electron chi connectivity index (χ1n) is 15.4. The monoisotopic (exact) mass is 675 g/mol. The first-order valence-corrected chi connectivity index (χ1v) is 15.7. The molecule has 5 aromatic rings. The maximum absolute atomic E-state index is 13.2. The van der Waals surface area contributed by atoms with E-state index in [0.29, 0.717) is 51.4 Å². The number of methoxy groups -OCH3 is 2. The quantitative estimate of drug-likeness (QED) is 0.141. The van der Waals surface area contributed by atoms with Crippen LogP contribution in [0.1, 0.15) is 50.9 Å². The van der Waals surface area contributed by atoms with Crippen molar-refractivity contribution in [1.82, 2.24) is 15.1 Å². The van der Waals surface area contributed by atoms with Crippen LogP contribution in [0.25, 0.3) is 22.6 Å². The number of nitrogens with zero attached hydrogens (tertiary/aromatic N) is 3. The van der Waals surface area contributed by atoms with Crippen LogP contribution in [-0.4, -0.2) is 78.7 Å². The second-order valence-corrected chi connectivity index (χ2v) is 11.9. The Morgan fingerprint density at radius 2 is 1.65 bits per heavy atom. The lowest BCUT2D eigenvalue weighted by Crippen LogP contribution is -2.42. The van der Waals surface area contributed by atoms with Crippen molar-refractivity contribution in [3.63, 3.8) is 0 Å². The number of benzene rings is 3. The number of likely N-dealkylation sites (tertiary alicyclic amines) is 1. The van der Waals surface area contributed by atoms with E-state index in [1.54, 1.807) is 45.4 Å².